The first-order valence-corrected chi connectivity index (χ1v) is 11.1. The minimum atomic E-state index is -1.20. The molecular formula is C23H20FN3O2S. The standard InChI is InChI=1S/C23H20FN3O2S/c24-18-7-8-20-19(12-18)23(27(9-10-30-23)21(28)17-5-2-6-17)22(29)26(20)14-16-4-1-3-15(11-16)13-25/h1,3-4,7-8,11-12,17H,2,5-6,9-10,14H2/t23-/m1/s1. The lowest BCUT2D eigenvalue weighted by Crippen LogP contribution is -2.52. The summed E-state index contributed by atoms with van der Waals surface area (Å²) in [6, 6.07) is 13.6. The van der Waals surface area contributed by atoms with Gasteiger partial charge in [0.25, 0.3) is 5.91 Å². The number of nitrogens with zero attached hydrogens (tertiary/aromatic N) is 3. The second-order valence-corrected chi connectivity index (χ2v) is 9.26. The normalized spacial score (nSPS) is 22.9. The first-order chi connectivity index (χ1) is 14.5. The number of carbonyl (C=O) groups excluding carboxylic acids is 2. The maximum atomic E-state index is 14.3. The van der Waals surface area contributed by atoms with Gasteiger partial charge in [0.05, 0.1) is 23.9 Å². The van der Waals surface area contributed by atoms with Crippen molar-refractivity contribution < 1.29 is 14.0 Å². The van der Waals surface area contributed by atoms with Crippen LogP contribution in [0.2, 0.25) is 0 Å². The minimum Gasteiger partial charge on any atom is -0.315 e. The van der Waals surface area contributed by atoms with Gasteiger partial charge in [-0.3, -0.25) is 9.59 Å². The summed E-state index contributed by atoms with van der Waals surface area (Å²) in [5.41, 5.74) is 2.52. The third-order valence-electron chi connectivity index (χ3n) is 6.27. The van der Waals surface area contributed by atoms with Crippen molar-refractivity contribution in [3.8, 4) is 6.07 Å². The highest BCUT2D eigenvalue weighted by Crippen LogP contribution is 2.55. The Labute approximate surface area is 178 Å². The van der Waals surface area contributed by atoms with Gasteiger partial charge in [0, 0.05) is 23.8 Å². The summed E-state index contributed by atoms with van der Waals surface area (Å²) in [4.78, 5) is 29.1. The van der Waals surface area contributed by atoms with Crippen molar-refractivity contribution in [2.75, 3.05) is 17.2 Å². The van der Waals surface area contributed by atoms with E-state index >= 15 is 0 Å². The highest BCUT2D eigenvalue weighted by atomic mass is 32.2. The summed E-state index contributed by atoms with van der Waals surface area (Å²) in [6.07, 6.45) is 2.74. The molecule has 2 fully saturated rings. The van der Waals surface area contributed by atoms with Crippen LogP contribution in [0.5, 0.6) is 0 Å². The molecule has 5 rings (SSSR count). The van der Waals surface area contributed by atoms with E-state index in [9.17, 15) is 19.2 Å². The third-order valence-corrected chi connectivity index (χ3v) is 7.69. The second kappa shape index (κ2) is 7.13. The van der Waals surface area contributed by atoms with E-state index in [2.05, 4.69) is 6.07 Å². The van der Waals surface area contributed by atoms with Crippen molar-refractivity contribution in [2.45, 2.75) is 30.7 Å². The topological polar surface area (TPSA) is 64.4 Å². The Kier molecular flexibility index (Phi) is 4.55. The molecule has 2 aromatic rings. The van der Waals surface area contributed by atoms with Gasteiger partial charge in [0.1, 0.15) is 5.82 Å². The van der Waals surface area contributed by atoms with Gasteiger partial charge in [0.2, 0.25) is 5.91 Å². The van der Waals surface area contributed by atoms with Crippen LogP contribution in [0, 0.1) is 23.1 Å². The fourth-order valence-electron chi connectivity index (χ4n) is 4.56. The van der Waals surface area contributed by atoms with Crippen LogP contribution in [0.15, 0.2) is 42.5 Å². The maximum Gasteiger partial charge on any atom is 0.268 e. The van der Waals surface area contributed by atoms with Crippen molar-refractivity contribution in [3.05, 3.63) is 65.0 Å². The second-order valence-electron chi connectivity index (χ2n) is 7.98. The largest absolute Gasteiger partial charge is 0.315 e. The molecule has 2 aliphatic heterocycles. The zero-order valence-corrected chi connectivity index (χ0v) is 17.1. The Morgan fingerprint density at radius 3 is 2.83 bits per heavy atom. The molecule has 0 radical (unpaired) electrons. The molecule has 0 N–H and O–H groups in total. The molecule has 1 spiro atoms. The minimum absolute atomic E-state index is 0.00291. The van der Waals surface area contributed by atoms with Crippen molar-refractivity contribution in [3.63, 3.8) is 0 Å². The molecular weight excluding hydrogens is 401 g/mol. The van der Waals surface area contributed by atoms with Crippen LogP contribution in [0.4, 0.5) is 10.1 Å². The van der Waals surface area contributed by atoms with E-state index in [4.69, 9.17) is 0 Å². The molecule has 0 bridgehead atoms. The van der Waals surface area contributed by atoms with Gasteiger partial charge in [-0.1, -0.05) is 18.6 Å². The summed E-state index contributed by atoms with van der Waals surface area (Å²) in [7, 11) is 0. The van der Waals surface area contributed by atoms with Crippen molar-refractivity contribution in [1.82, 2.24) is 4.90 Å². The fourth-order valence-corrected chi connectivity index (χ4v) is 6.02. The molecule has 2 amide bonds. The zero-order valence-electron chi connectivity index (χ0n) is 16.3. The molecule has 0 unspecified atom stereocenters. The summed E-state index contributed by atoms with van der Waals surface area (Å²) < 4.78 is 14.3. The number of anilines is 1. The molecule has 1 saturated heterocycles. The number of halogens is 1. The molecule has 1 saturated carbocycles. The van der Waals surface area contributed by atoms with Crippen LogP contribution in [0.25, 0.3) is 0 Å². The van der Waals surface area contributed by atoms with Gasteiger partial charge in [-0.05, 0) is 48.7 Å². The highest BCUT2D eigenvalue weighted by molar-refractivity contribution is 8.01. The number of carbonyl (C=O) groups is 2. The Morgan fingerprint density at radius 2 is 2.10 bits per heavy atom. The van der Waals surface area contributed by atoms with Crippen LogP contribution in [-0.4, -0.2) is 29.0 Å². The fraction of sp³-hybridized carbons (Fsp3) is 0.348. The molecule has 2 heterocycles. The Hall–Kier alpha value is -2.85. The van der Waals surface area contributed by atoms with E-state index in [1.54, 1.807) is 34.1 Å². The summed E-state index contributed by atoms with van der Waals surface area (Å²) in [5.74, 6) is -0.0222. The molecule has 1 aliphatic carbocycles. The van der Waals surface area contributed by atoms with E-state index < -0.39 is 10.7 Å². The Bertz CT molecular complexity index is 1090. The Morgan fingerprint density at radius 1 is 1.27 bits per heavy atom. The number of amides is 2. The van der Waals surface area contributed by atoms with Gasteiger partial charge >= 0.3 is 0 Å². The van der Waals surface area contributed by atoms with Crippen LogP contribution in [0.3, 0.4) is 0 Å². The van der Waals surface area contributed by atoms with Gasteiger partial charge < -0.3 is 9.80 Å². The van der Waals surface area contributed by atoms with E-state index in [1.165, 1.54) is 23.9 Å². The first kappa shape index (κ1) is 19.1. The monoisotopic (exact) mass is 421 g/mol. The van der Waals surface area contributed by atoms with E-state index in [-0.39, 0.29) is 24.3 Å². The number of nitriles is 1. The molecule has 2 aromatic carbocycles. The van der Waals surface area contributed by atoms with Crippen LogP contribution < -0.4 is 4.90 Å². The summed E-state index contributed by atoms with van der Waals surface area (Å²) in [5, 5.41) is 9.19. The van der Waals surface area contributed by atoms with Crippen molar-refractivity contribution in [2.24, 2.45) is 5.92 Å². The van der Waals surface area contributed by atoms with E-state index in [0.29, 0.717) is 29.1 Å². The molecule has 5 nitrogen and oxygen atoms in total. The molecule has 0 aromatic heterocycles. The van der Waals surface area contributed by atoms with Crippen molar-refractivity contribution in [1.29, 1.82) is 5.26 Å². The molecule has 7 heteroatoms. The Balaban J connectivity index is 1.58. The van der Waals surface area contributed by atoms with Gasteiger partial charge in [-0.25, -0.2) is 4.39 Å². The molecule has 3 aliphatic rings. The van der Waals surface area contributed by atoms with Gasteiger partial charge in [-0.2, -0.15) is 5.26 Å². The average Bonchev–Trinajstić information content (AvgIpc) is 3.24. The number of rotatable bonds is 3. The highest BCUT2D eigenvalue weighted by Gasteiger charge is 2.60. The SMILES string of the molecule is N#Cc1cccc(CN2C(=O)[C@]3(SCCN3C(=O)C3CCC3)c3cc(F)ccc32)c1. The zero-order chi connectivity index (χ0) is 20.9. The molecule has 1 atom stereocenters. The lowest BCUT2D eigenvalue weighted by Gasteiger charge is -2.37. The number of hydrogen-bond donors (Lipinski definition) is 0. The van der Waals surface area contributed by atoms with Crippen LogP contribution >= 0.6 is 11.8 Å². The van der Waals surface area contributed by atoms with Gasteiger partial charge in [-0.15, -0.1) is 11.8 Å². The van der Waals surface area contributed by atoms with E-state index in [1.807, 2.05) is 6.07 Å². The van der Waals surface area contributed by atoms with Crippen molar-refractivity contribution >= 4 is 29.3 Å². The number of benzene rings is 2. The molecule has 30 heavy (non-hydrogen) atoms. The lowest BCUT2D eigenvalue weighted by molar-refractivity contribution is -0.145. The van der Waals surface area contributed by atoms with E-state index in [0.717, 1.165) is 24.8 Å². The quantitative estimate of drug-likeness (QED) is 0.757. The van der Waals surface area contributed by atoms with Crippen LogP contribution in [0.1, 0.15) is 36.0 Å². The number of thioether (sulfide) groups is 1. The number of hydrogen-bond acceptors (Lipinski definition) is 4. The maximum absolute atomic E-state index is 14.3. The number of fused-ring (bicyclic) bond motifs is 2. The third kappa shape index (κ3) is 2.74. The lowest BCUT2D eigenvalue weighted by atomic mass is 9.84. The average molecular weight is 421 g/mol. The van der Waals surface area contributed by atoms with Crippen LogP contribution in [-0.2, 0) is 21.0 Å². The summed E-state index contributed by atoms with van der Waals surface area (Å²) >= 11 is 1.42. The predicted octanol–water partition coefficient (Wildman–Crippen LogP) is 3.77. The summed E-state index contributed by atoms with van der Waals surface area (Å²) in [6.45, 7) is 0.750. The first-order valence-electron chi connectivity index (χ1n) is 10.1. The molecule has 152 valence electrons. The van der Waals surface area contributed by atoms with Gasteiger partial charge in [0.15, 0.2) is 4.87 Å². The smallest absolute Gasteiger partial charge is 0.268 e. The predicted molar refractivity (Wildman–Crippen MR) is 112 cm³/mol.